The van der Waals surface area contributed by atoms with E-state index < -0.39 is 14.1 Å². The quantitative estimate of drug-likeness (QED) is 0.0230. The van der Waals surface area contributed by atoms with Gasteiger partial charge in [-0.15, -0.1) is 0 Å². The molecule has 8 nitrogen and oxygen atoms in total. The van der Waals surface area contributed by atoms with Crippen LogP contribution in [0.4, 0.5) is 11.4 Å². The van der Waals surface area contributed by atoms with Gasteiger partial charge in [0.05, 0.1) is 44.3 Å². The number of hydrogen-bond acceptors (Lipinski definition) is 7. The van der Waals surface area contributed by atoms with Crippen molar-refractivity contribution in [1.29, 1.82) is 5.26 Å². The number of ether oxygens (including phenoxy) is 1. The fourth-order valence-corrected chi connectivity index (χ4v) is 11.8. The van der Waals surface area contributed by atoms with Crippen molar-refractivity contribution in [3.63, 3.8) is 0 Å². The maximum absolute atomic E-state index is 9.89. The van der Waals surface area contributed by atoms with Crippen molar-refractivity contribution >= 4 is 25.6 Å². The molecule has 0 fully saturated rings. The van der Waals surface area contributed by atoms with Gasteiger partial charge in [-0.3, -0.25) is 0 Å². The van der Waals surface area contributed by atoms with Gasteiger partial charge in [0.15, 0.2) is 12.3 Å². The van der Waals surface area contributed by atoms with Crippen LogP contribution in [0.3, 0.4) is 0 Å². The van der Waals surface area contributed by atoms with E-state index in [1.807, 2.05) is 24.3 Å². The van der Waals surface area contributed by atoms with E-state index in [4.69, 9.17) is 19.0 Å². The lowest BCUT2D eigenvalue weighted by Crippen LogP contribution is -3.00. The highest BCUT2D eigenvalue weighted by molar-refractivity contribution is 7.44. The molecular weight excluding hydrogens is 907 g/mol. The lowest BCUT2D eigenvalue weighted by Gasteiger charge is -2.36. The van der Waals surface area contributed by atoms with Crippen LogP contribution in [0.5, 0.6) is 0 Å². The van der Waals surface area contributed by atoms with Crippen LogP contribution in [0, 0.1) is 11.3 Å². The first-order valence-corrected chi connectivity index (χ1v) is 25.8. The van der Waals surface area contributed by atoms with Gasteiger partial charge >= 0.3 is 0 Å². The van der Waals surface area contributed by atoms with Crippen molar-refractivity contribution in [1.82, 2.24) is 4.67 Å². The van der Waals surface area contributed by atoms with Crippen molar-refractivity contribution < 1.29 is 35.9 Å². The topological polar surface area (TPSA) is 81.2 Å². The molecule has 1 unspecified atom stereocenters. The second-order valence-corrected chi connectivity index (χ2v) is 20.9. The Hall–Kier alpha value is -5.20. The van der Waals surface area contributed by atoms with Gasteiger partial charge in [0.25, 0.3) is 8.53 Å². The third-order valence-corrected chi connectivity index (χ3v) is 15.6. The van der Waals surface area contributed by atoms with Crippen LogP contribution in [-0.2, 0) is 36.8 Å². The van der Waals surface area contributed by atoms with Crippen molar-refractivity contribution in [3.05, 3.63) is 203 Å². The number of fused-ring (bicyclic) bond motifs is 2. The van der Waals surface area contributed by atoms with Crippen molar-refractivity contribution in [3.8, 4) is 6.07 Å². The van der Waals surface area contributed by atoms with Gasteiger partial charge in [0.1, 0.15) is 5.60 Å². The number of hydrogen-bond donors (Lipinski definition) is 1. The number of anilines is 1. The summed E-state index contributed by atoms with van der Waals surface area (Å²) in [5, 5.41) is 19.1. The van der Waals surface area contributed by atoms with Gasteiger partial charge in [-0.1, -0.05) is 153 Å². The Morgan fingerprint density at radius 2 is 1.29 bits per heavy atom. The van der Waals surface area contributed by atoms with Gasteiger partial charge < -0.3 is 36.2 Å². The van der Waals surface area contributed by atoms with E-state index >= 15 is 0 Å². The summed E-state index contributed by atoms with van der Waals surface area (Å²) in [6.07, 6.45) is 13.1. The second-order valence-electron chi connectivity index (χ2n) is 19.5. The SMILES string of the molecule is CC(C)N(C(C)C)P(OCCC#N)OCCC[N+]1=C(C=CC=CC=C2N(CCCOC(c3ccccc3)(c3ccccc3)c3ccc(CO)cc3)c3ccccc3C2(C)C)C(C)(C)c2ccccc21.[Cl-]. The van der Waals surface area contributed by atoms with Crippen LogP contribution >= 0.6 is 8.53 Å². The molecule has 0 bridgehead atoms. The minimum Gasteiger partial charge on any atom is -1.00 e. The predicted octanol–water partition coefficient (Wildman–Crippen LogP) is 10.4. The van der Waals surface area contributed by atoms with Crippen LogP contribution in [0.15, 0.2) is 170 Å². The van der Waals surface area contributed by atoms with Gasteiger partial charge in [0.2, 0.25) is 5.69 Å². The molecular formula is C60H72ClN4O4P. The maximum Gasteiger partial charge on any atom is 0.259 e. The molecule has 2 aliphatic heterocycles. The largest absolute Gasteiger partial charge is 1.00 e. The summed E-state index contributed by atoms with van der Waals surface area (Å²) in [5.74, 6) is 0. The van der Waals surface area contributed by atoms with Gasteiger partial charge in [0, 0.05) is 59.6 Å². The van der Waals surface area contributed by atoms with Crippen LogP contribution in [0.1, 0.15) is 108 Å². The molecule has 5 aromatic rings. The summed E-state index contributed by atoms with van der Waals surface area (Å²) >= 11 is 0. The Morgan fingerprint density at radius 1 is 0.700 bits per heavy atom. The number of para-hydroxylation sites is 2. The Morgan fingerprint density at radius 3 is 1.91 bits per heavy atom. The Bertz CT molecular complexity index is 2590. The number of halogens is 1. The molecule has 70 heavy (non-hydrogen) atoms. The Balaban J connectivity index is 0.00000804. The molecule has 5 aromatic carbocycles. The molecule has 0 aromatic heterocycles. The van der Waals surface area contributed by atoms with Gasteiger partial charge in [-0.05, 0) is 87.9 Å². The van der Waals surface area contributed by atoms with E-state index in [1.54, 1.807) is 0 Å². The van der Waals surface area contributed by atoms with Crippen LogP contribution in [-0.4, -0.2) is 65.1 Å². The number of benzene rings is 5. The minimum absolute atomic E-state index is 0. The zero-order valence-corrected chi connectivity index (χ0v) is 44.0. The molecule has 368 valence electrons. The zero-order valence-electron chi connectivity index (χ0n) is 42.4. The number of aliphatic hydroxyl groups excluding tert-OH is 1. The fourth-order valence-electron chi connectivity index (χ4n) is 10.2. The van der Waals surface area contributed by atoms with E-state index in [-0.39, 0.29) is 41.9 Å². The molecule has 7 rings (SSSR count). The average molecular weight is 980 g/mol. The molecule has 0 saturated heterocycles. The number of aliphatic hydroxyl groups is 1. The number of allylic oxidation sites excluding steroid dienone is 6. The summed E-state index contributed by atoms with van der Waals surface area (Å²) in [6, 6.07) is 49.4. The Kier molecular flexibility index (Phi) is 19.2. The van der Waals surface area contributed by atoms with E-state index in [2.05, 4.69) is 215 Å². The third kappa shape index (κ3) is 11.8. The number of nitriles is 1. The first kappa shape index (κ1) is 54.1. The standard InChI is InChI=1S/C60H72N4O4P.ClH/c1-46(2)64(47(3)4)69(67-43-22-39-61)68-44-24-41-63-55-32-21-19-30-53(55)59(7,8)57(63)34-17-11-16-33-56-58(5,6)52-29-18-20-31-54(52)62(56)40-23-42-66-60(49-25-12-9-13-26-49,50-27-14-10-15-28-50)51-37-35-48(45-65)36-38-51;/h9-21,25-38,46-47,65H,22-24,40-45H2,1-8H3;1H/q+1;/p-1. The summed E-state index contributed by atoms with van der Waals surface area (Å²) in [5.41, 5.74) is 10.4. The van der Waals surface area contributed by atoms with E-state index in [0.29, 0.717) is 26.2 Å². The molecule has 1 atom stereocenters. The molecule has 1 N–H and O–H groups in total. The molecule has 0 spiro atoms. The van der Waals surface area contributed by atoms with Crippen molar-refractivity contribution in [2.24, 2.45) is 0 Å². The highest BCUT2D eigenvalue weighted by Gasteiger charge is 2.44. The van der Waals surface area contributed by atoms with Gasteiger partial charge in [-0.25, -0.2) is 4.67 Å². The van der Waals surface area contributed by atoms with Crippen LogP contribution in [0.25, 0.3) is 0 Å². The van der Waals surface area contributed by atoms with E-state index in [1.165, 1.54) is 33.9 Å². The monoisotopic (exact) mass is 978 g/mol. The molecule has 0 radical (unpaired) electrons. The lowest BCUT2D eigenvalue weighted by molar-refractivity contribution is -0.438. The van der Waals surface area contributed by atoms with Crippen LogP contribution < -0.4 is 17.3 Å². The summed E-state index contributed by atoms with van der Waals surface area (Å²) in [7, 11) is -1.29. The third-order valence-electron chi connectivity index (χ3n) is 13.5. The molecule has 0 aliphatic carbocycles. The first-order chi connectivity index (χ1) is 33.4. The predicted molar refractivity (Wildman–Crippen MR) is 284 cm³/mol. The molecule has 2 aliphatic rings. The maximum atomic E-state index is 9.89. The highest BCUT2D eigenvalue weighted by Crippen LogP contribution is 2.49. The molecule has 2 heterocycles. The highest BCUT2D eigenvalue weighted by atomic mass is 35.5. The fraction of sp³-hybridized carbons (Fsp3) is 0.367. The molecule has 10 heteroatoms. The van der Waals surface area contributed by atoms with Crippen LogP contribution in [0.2, 0.25) is 0 Å². The summed E-state index contributed by atoms with van der Waals surface area (Å²) in [6.45, 7) is 21.0. The van der Waals surface area contributed by atoms with Crippen molar-refractivity contribution in [2.45, 2.75) is 110 Å². The van der Waals surface area contributed by atoms with Gasteiger partial charge in [-0.2, -0.15) is 9.84 Å². The Labute approximate surface area is 426 Å². The molecule has 0 amide bonds. The van der Waals surface area contributed by atoms with E-state index in [0.717, 1.165) is 48.2 Å². The zero-order chi connectivity index (χ0) is 49.0. The normalized spacial score (nSPS) is 16.2. The molecule has 0 saturated carbocycles. The first-order valence-electron chi connectivity index (χ1n) is 24.7. The average Bonchev–Trinajstić information content (AvgIpc) is 3.70. The number of rotatable bonds is 23. The second kappa shape index (κ2) is 24.8. The summed E-state index contributed by atoms with van der Waals surface area (Å²) < 4.78 is 24.6. The smallest absolute Gasteiger partial charge is 0.259 e. The summed E-state index contributed by atoms with van der Waals surface area (Å²) in [4.78, 5) is 2.48. The minimum atomic E-state index is -1.29. The lowest BCUT2D eigenvalue weighted by atomic mass is 9.80. The van der Waals surface area contributed by atoms with E-state index in [9.17, 15) is 5.11 Å². The number of nitrogens with zero attached hydrogens (tertiary/aromatic N) is 4. The van der Waals surface area contributed by atoms with Crippen molar-refractivity contribution in [2.75, 3.05) is 37.8 Å².